The standard InChI is InChI=1S/C15H18N2O4S/c1-8-4-3-5-9(2)13(8)17-12(18)6-11(14(17)19)22-7-10(16)15(20)21/h3-5,10-11H,6-7,16H2,1-2H3,(H,20,21)/t10-,11+/m1/s1. The first kappa shape index (κ1) is 16.5. The number of anilines is 1. The van der Waals surface area contributed by atoms with Crippen LogP contribution in [-0.4, -0.2) is 39.9 Å². The van der Waals surface area contributed by atoms with E-state index in [1.54, 1.807) is 0 Å². The molecule has 1 aliphatic rings. The average molecular weight is 322 g/mol. The zero-order valence-corrected chi connectivity index (χ0v) is 13.2. The van der Waals surface area contributed by atoms with Gasteiger partial charge in [-0.1, -0.05) is 18.2 Å². The molecular weight excluding hydrogens is 304 g/mol. The molecule has 3 N–H and O–H groups in total. The molecule has 1 aliphatic heterocycles. The lowest BCUT2D eigenvalue weighted by atomic mass is 10.1. The number of benzene rings is 1. The molecule has 0 saturated carbocycles. The number of carbonyl (C=O) groups excluding carboxylic acids is 2. The quantitative estimate of drug-likeness (QED) is 0.787. The van der Waals surface area contributed by atoms with Crippen molar-refractivity contribution in [3.8, 4) is 0 Å². The number of para-hydroxylation sites is 1. The van der Waals surface area contributed by atoms with Gasteiger partial charge in [0.2, 0.25) is 11.8 Å². The maximum atomic E-state index is 12.5. The number of nitrogens with two attached hydrogens (primary N) is 1. The zero-order valence-electron chi connectivity index (χ0n) is 12.4. The molecule has 0 aliphatic carbocycles. The molecule has 0 radical (unpaired) electrons. The molecule has 0 aromatic heterocycles. The number of rotatable bonds is 5. The van der Waals surface area contributed by atoms with Crippen molar-refractivity contribution in [3.05, 3.63) is 29.3 Å². The van der Waals surface area contributed by atoms with E-state index >= 15 is 0 Å². The molecule has 2 amide bonds. The Bertz CT molecular complexity index is 612. The first-order valence-electron chi connectivity index (χ1n) is 6.86. The Labute approximate surface area is 132 Å². The van der Waals surface area contributed by atoms with Gasteiger partial charge in [0.25, 0.3) is 0 Å². The molecule has 1 heterocycles. The van der Waals surface area contributed by atoms with Crippen molar-refractivity contribution in [2.75, 3.05) is 10.7 Å². The van der Waals surface area contributed by atoms with Gasteiger partial charge < -0.3 is 10.8 Å². The highest BCUT2D eigenvalue weighted by Crippen LogP contribution is 2.33. The van der Waals surface area contributed by atoms with E-state index < -0.39 is 17.3 Å². The molecular formula is C15H18N2O4S. The first-order chi connectivity index (χ1) is 10.3. The van der Waals surface area contributed by atoms with E-state index in [-0.39, 0.29) is 24.0 Å². The largest absolute Gasteiger partial charge is 0.480 e. The Hall–Kier alpha value is -1.86. The second-order valence-corrected chi connectivity index (χ2v) is 6.51. The van der Waals surface area contributed by atoms with E-state index in [1.165, 1.54) is 4.90 Å². The fourth-order valence-corrected chi connectivity index (χ4v) is 3.51. The number of amides is 2. The monoisotopic (exact) mass is 322 g/mol. The maximum absolute atomic E-state index is 12.5. The highest BCUT2D eigenvalue weighted by molar-refractivity contribution is 8.00. The Morgan fingerprint density at radius 3 is 2.55 bits per heavy atom. The van der Waals surface area contributed by atoms with Gasteiger partial charge in [0.05, 0.1) is 10.9 Å². The van der Waals surface area contributed by atoms with Crippen LogP contribution in [0, 0.1) is 13.8 Å². The lowest BCUT2D eigenvalue weighted by molar-refractivity contribution is -0.138. The summed E-state index contributed by atoms with van der Waals surface area (Å²) in [5.41, 5.74) is 7.78. The Morgan fingerprint density at radius 2 is 2.00 bits per heavy atom. The number of nitrogens with zero attached hydrogens (tertiary/aromatic N) is 1. The molecule has 0 spiro atoms. The molecule has 1 saturated heterocycles. The summed E-state index contributed by atoms with van der Waals surface area (Å²) in [7, 11) is 0. The Morgan fingerprint density at radius 1 is 1.41 bits per heavy atom. The fourth-order valence-electron chi connectivity index (χ4n) is 2.42. The minimum atomic E-state index is -1.11. The number of hydrogen-bond donors (Lipinski definition) is 2. The van der Waals surface area contributed by atoms with Crippen LogP contribution in [0.1, 0.15) is 17.5 Å². The number of carbonyl (C=O) groups is 3. The van der Waals surface area contributed by atoms with Gasteiger partial charge in [-0.25, -0.2) is 4.90 Å². The van der Waals surface area contributed by atoms with Crippen molar-refractivity contribution in [3.63, 3.8) is 0 Å². The van der Waals surface area contributed by atoms with Crippen molar-refractivity contribution in [2.45, 2.75) is 31.6 Å². The maximum Gasteiger partial charge on any atom is 0.321 e. The topological polar surface area (TPSA) is 101 Å². The highest BCUT2D eigenvalue weighted by atomic mass is 32.2. The zero-order chi connectivity index (χ0) is 16.4. The molecule has 0 unspecified atom stereocenters. The molecule has 1 aromatic rings. The fraction of sp³-hybridized carbons (Fsp3) is 0.400. The van der Waals surface area contributed by atoms with Gasteiger partial charge in [-0.3, -0.25) is 14.4 Å². The predicted molar refractivity (Wildman–Crippen MR) is 84.9 cm³/mol. The van der Waals surface area contributed by atoms with Gasteiger partial charge in [-0.05, 0) is 25.0 Å². The van der Waals surface area contributed by atoms with Gasteiger partial charge in [0.1, 0.15) is 6.04 Å². The Balaban J connectivity index is 2.17. The summed E-state index contributed by atoms with van der Waals surface area (Å²) in [4.78, 5) is 36.7. The number of aliphatic carboxylic acids is 1. The lowest BCUT2D eigenvalue weighted by Crippen LogP contribution is -2.35. The number of carboxylic acids is 1. The van der Waals surface area contributed by atoms with Gasteiger partial charge in [-0.2, -0.15) is 0 Å². The van der Waals surface area contributed by atoms with E-state index in [2.05, 4.69) is 0 Å². The molecule has 22 heavy (non-hydrogen) atoms. The molecule has 118 valence electrons. The average Bonchev–Trinajstić information content (AvgIpc) is 2.72. The summed E-state index contributed by atoms with van der Waals surface area (Å²) in [6, 6.07) is 4.53. The first-order valence-corrected chi connectivity index (χ1v) is 7.90. The molecule has 2 rings (SSSR count). The van der Waals surface area contributed by atoms with Crippen LogP contribution < -0.4 is 10.6 Å². The lowest BCUT2D eigenvalue weighted by Gasteiger charge is -2.20. The second kappa shape index (κ2) is 6.50. The SMILES string of the molecule is Cc1cccc(C)c1N1C(=O)C[C@H](SC[C@@H](N)C(=O)O)C1=O. The van der Waals surface area contributed by atoms with Crippen molar-refractivity contribution in [1.82, 2.24) is 0 Å². The molecule has 6 nitrogen and oxygen atoms in total. The summed E-state index contributed by atoms with van der Waals surface area (Å²) in [6.45, 7) is 3.70. The third kappa shape index (κ3) is 3.15. The van der Waals surface area contributed by atoms with Crippen LogP contribution in [0.3, 0.4) is 0 Å². The van der Waals surface area contributed by atoms with Gasteiger partial charge in [0, 0.05) is 12.2 Å². The summed E-state index contributed by atoms with van der Waals surface area (Å²) in [5.74, 6) is -1.58. The van der Waals surface area contributed by atoms with E-state index in [0.717, 1.165) is 22.9 Å². The van der Waals surface area contributed by atoms with Crippen LogP contribution in [-0.2, 0) is 14.4 Å². The van der Waals surface area contributed by atoms with Crippen LogP contribution in [0.25, 0.3) is 0 Å². The number of carboxylic acid groups (broad SMARTS) is 1. The van der Waals surface area contributed by atoms with Crippen molar-refractivity contribution in [2.24, 2.45) is 5.73 Å². The minimum absolute atomic E-state index is 0.0730. The van der Waals surface area contributed by atoms with Gasteiger partial charge >= 0.3 is 5.97 Å². The summed E-state index contributed by atoms with van der Waals surface area (Å²) in [6.07, 6.45) is 0.0730. The predicted octanol–water partition coefficient (Wildman–Crippen LogP) is 1.08. The van der Waals surface area contributed by atoms with Crippen LogP contribution >= 0.6 is 11.8 Å². The molecule has 7 heteroatoms. The van der Waals surface area contributed by atoms with Gasteiger partial charge in [-0.15, -0.1) is 11.8 Å². The summed E-state index contributed by atoms with van der Waals surface area (Å²) < 4.78 is 0. The Kier molecular flexibility index (Phi) is 4.87. The van der Waals surface area contributed by atoms with E-state index in [0.29, 0.717) is 5.69 Å². The third-order valence-corrected chi connectivity index (χ3v) is 4.88. The second-order valence-electron chi connectivity index (χ2n) is 5.28. The molecule has 0 bridgehead atoms. The minimum Gasteiger partial charge on any atom is -0.480 e. The molecule has 1 aromatic carbocycles. The van der Waals surface area contributed by atoms with E-state index in [9.17, 15) is 14.4 Å². The number of thioether (sulfide) groups is 1. The van der Waals surface area contributed by atoms with Crippen molar-refractivity contribution in [1.29, 1.82) is 0 Å². The molecule has 2 atom stereocenters. The van der Waals surface area contributed by atoms with Crippen LogP contribution in [0.2, 0.25) is 0 Å². The van der Waals surface area contributed by atoms with E-state index in [1.807, 2.05) is 32.0 Å². The van der Waals surface area contributed by atoms with Crippen molar-refractivity contribution >= 4 is 35.2 Å². The van der Waals surface area contributed by atoms with Crippen LogP contribution in [0.5, 0.6) is 0 Å². The van der Waals surface area contributed by atoms with Crippen LogP contribution in [0.15, 0.2) is 18.2 Å². The van der Waals surface area contributed by atoms with Gasteiger partial charge in [0.15, 0.2) is 0 Å². The normalized spacial score (nSPS) is 19.6. The smallest absolute Gasteiger partial charge is 0.321 e. The summed E-state index contributed by atoms with van der Waals surface area (Å²) in [5, 5.41) is 8.20. The van der Waals surface area contributed by atoms with Crippen LogP contribution in [0.4, 0.5) is 5.69 Å². The third-order valence-electron chi connectivity index (χ3n) is 3.56. The highest BCUT2D eigenvalue weighted by Gasteiger charge is 2.41. The number of hydrogen-bond acceptors (Lipinski definition) is 5. The number of imide groups is 1. The van der Waals surface area contributed by atoms with E-state index in [4.69, 9.17) is 10.8 Å². The number of aryl methyl sites for hydroxylation is 2. The molecule has 1 fully saturated rings. The van der Waals surface area contributed by atoms with Crippen molar-refractivity contribution < 1.29 is 19.5 Å². The summed E-state index contributed by atoms with van der Waals surface area (Å²) >= 11 is 1.12.